The van der Waals surface area contributed by atoms with Crippen LogP contribution in [0, 0.1) is 11.3 Å². The van der Waals surface area contributed by atoms with Crippen LogP contribution in [0.25, 0.3) is 0 Å². The van der Waals surface area contributed by atoms with Gasteiger partial charge in [-0.2, -0.15) is 5.26 Å². The van der Waals surface area contributed by atoms with Crippen LogP contribution in [0.1, 0.15) is 26.3 Å². The highest BCUT2D eigenvalue weighted by Crippen LogP contribution is 2.15. The van der Waals surface area contributed by atoms with Gasteiger partial charge in [0.15, 0.2) is 0 Å². The number of imide groups is 1. The predicted octanol–water partition coefficient (Wildman–Crippen LogP) is 1.83. The predicted molar refractivity (Wildman–Crippen MR) is 71.1 cm³/mol. The molecule has 0 aliphatic carbocycles. The molecule has 0 atom stereocenters. The van der Waals surface area contributed by atoms with E-state index in [1.54, 1.807) is 24.3 Å². The first-order chi connectivity index (χ1) is 9.61. The molecule has 98 valence electrons. The Bertz CT molecular complexity index is 717. The van der Waals surface area contributed by atoms with Crippen LogP contribution in [0.5, 0.6) is 5.75 Å². The summed E-state index contributed by atoms with van der Waals surface area (Å²) in [5.74, 6) is -1.53. The number of hydrogen-bond acceptors (Lipinski definition) is 4. The number of carbonyl (C=O) groups is 2. The fourth-order valence-electron chi connectivity index (χ4n) is 1.64. The van der Waals surface area contributed by atoms with Gasteiger partial charge in [-0.05, 0) is 30.3 Å². The summed E-state index contributed by atoms with van der Waals surface area (Å²) >= 11 is 0. The molecule has 0 bridgehead atoms. The molecule has 2 aromatic carbocycles. The smallest absolute Gasteiger partial charge is 0.261 e. The van der Waals surface area contributed by atoms with Crippen LogP contribution in [0.15, 0.2) is 48.5 Å². The number of rotatable bonds is 2. The van der Waals surface area contributed by atoms with Crippen molar-refractivity contribution in [1.29, 1.82) is 5.26 Å². The zero-order valence-electron chi connectivity index (χ0n) is 10.3. The Balaban J connectivity index is 2.18. The highest BCUT2D eigenvalue weighted by Gasteiger charge is 2.15. The van der Waals surface area contributed by atoms with Crippen molar-refractivity contribution in [2.24, 2.45) is 0 Å². The molecule has 0 saturated carbocycles. The van der Waals surface area contributed by atoms with Crippen LogP contribution < -0.4 is 5.32 Å². The average molecular weight is 266 g/mol. The van der Waals surface area contributed by atoms with Gasteiger partial charge in [0.2, 0.25) is 0 Å². The molecule has 0 fully saturated rings. The second-order valence-electron chi connectivity index (χ2n) is 3.99. The lowest BCUT2D eigenvalue weighted by Gasteiger charge is -2.05. The molecule has 2 N–H and O–H groups in total. The normalized spacial score (nSPS) is 9.55. The molecule has 2 aromatic rings. The van der Waals surface area contributed by atoms with Crippen molar-refractivity contribution in [2.45, 2.75) is 0 Å². The second kappa shape index (κ2) is 5.67. The van der Waals surface area contributed by atoms with Gasteiger partial charge in [-0.15, -0.1) is 0 Å². The number of para-hydroxylation sites is 1. The van der Waals surface area contributed by atoms with E-state index in [1.807, 2.05) is 6.07 Å². The number of nitrogens with one attached hydrogen (secondary N) is 1. The second-order valence-corrected chi connectivity index (χ2v) is 3.99. The summed E-state index contributed by atoms with van der Waals surface area (Å²) in [7, 11) is 0. The van der Waals surface area contributed by atoms with Gasteiger partial charge in [0.25, 0.3) is 11.8 Å². The number of nitrogens with zero attached hydrogens (tertiary/aromatic N) is 1. The monoisotopic (exact) mass is 266 g/mol. The van der Waals surface area contributed by atoms with Crippen LogP contribution in [0.2, 0.25) is 0 Å². The minimum Gasteiger partial charge on any atom is -0.507 e. The largest absolute Gasteiger partial charge is 0.507 e. The third kappa shape index (κ3) is 2.82. The fourth-order valence-corrected chi connectivity index (χ4v) is 1.64. The number of phenolic OH excluding ortho intramolecular Hbond substituents is 1. The molecule has 0 aromatic heterocycles. The van der Waals surface area contributed by atoms with Gasteiger partial charge in [-0.25, -0.2) is 0 Å². The van der Waals surface area contributed by atoms with Gasteiger partial charge < -0.3 is 5.11 Å². The number of hydrogen-bond donors (Lipinski definition) is 2. The Labute approximate surface area is 115 Å². The van der Waals surface area contributed by atoms with Crippen molar-refractivity contribution in [1.82, 2.24) is 5.32 Å². The molecule has 20 heavy (non-hydrogen) atoms. The van der Waals surface area contributed by atoms with E-state index < -0.39 is 11.8 Å². The molecule has 5 nitrogen and oxygen atoms in total. The minimum atomic E-state index is -0.699. The molecule has 0 saturated heterocycles. The summed E-state index contributed by atoms with van der Waals surface area (Å²) in [5, 5.41) is 20.4. The van der Waals surface area contributed by atoms with Crippen molar-refractivity contribution < 1.29 is 14.7 Å². The van der Waals surface area contributed by atoms with Crippen LogP contribution in [-0.4, -0.2) is 16.9 Å². The number of carbonyl (C=O) groups excluding carboxylic acids is 2. The van der Waals surface area contributed by atoms with E-state index in [9.17, 15) is 14.7 Å². The third-order valence-corrected chi connectivity index (χ3v) is 2.63. The van der Waals surface area contributed by atoms with Crippen LogP contribution in [-0.2, 0) is 0 Å². The lowest BCUT2D eigenvalue weighted by molar-refractivity contribution is 0.0848. The van der Waals surface area contributed by atoms with Crippen molar-refractivity contribution >= 4 is 11.8 Å². The van der Waals surface area contributed by atoms with Gasteiger partial charge in [0.05, 0.1) is 17.2 Å². The standard InChI is InChI=1S/C15H10N2O3/c16-9-10-4-3-5-11(8-10)14(19)17-15(20)12-6-1-2-7-13(12)18/h1-8,18H,(H,17,19,20). The lowest BCUT2D eigenvalue weighted by atomic mass is 10.1. The van der Waals surface area contributed by atoms with E-state index in [1.165, 1.54) is 24.3 Å². The summed E-state index contributed by atoms with van der Waals surface area (Å²) < 4.78 is 0. The van der Waals surface area contributed by atoms with Gasteiger partial charge in [0.1, 0.15) is 5.75 Å². The minimum absolute atomic E-state index is 0.0114. The maximum absolute atomic E-state index is 11.9. The summed E-state index contributed by atoms with van der Waals surface area (Å²) in [6.07, 6.45) is 0. The quantitative estimate of drug-likeness (QED) is 0.811. The van der Waals surface area contributed by atoms with E-state index >= 15 is 0 Å². The van der Waals surface area contributed by atoms with Crippen molar-refractivity contribution in [3.8, 4) is 11.8 Å². The highest BCUT2D eigenvalue weighted by atomic mass is 16.3. The first kappa shape index (κ1) is 13.3. The van der Waals surface area contributed by atoms with Gasteiger partial charge in [0, 0.05) is 5.56 Å². The number of phenols is 1. The van der Waals surface area contributed by atoms with E-state index in [0.717, 1.165) is 0 Å². The van der Waals surface area contributed by atoms with Gasteiger partial charge in [-0.1, -0.05) is 18.2 Å². The maximum Gasteiger partial charge on any atom is 0.261 e. The van der Waals surface area contributed by atoms with E-state index in [4.69, 9.17) is 5.26 Å². The SMILES string of the molecule is N#Cc1cccc(C(=O)NC(=O)c2ccccc2O)c1. The number of amides is 2. The molecule has 0 unspecified atom stereocenters. The number of benzene rings is 2. The maximum atomic E-state index is 11.9. The van der Waals surface area contributed by atoms with Crippen molar-refractivity contribution in [3.05, 3.63) is 65.2 Å². The van der Waals surface area contributed by atoms with Crippen molar-refractivity contribution in [2.75, 3.05) is 0 Å². The topological polar surface area (TPSA) is 90.2 Å². The highest BCUT2D eigenvalue weighted by molar-refractivity contribution is 6.11. The summed E-state index contributed by atoms with van der Waals surface area (Å²) in [5.41, 5.74) is 0.540. The molecular weight excluding hydrogens is 256 g/mol. The average Bonchev–Trinajstić information content (AvgIpc) is 2.47. The Hall–Kier alpha value is -3.13. The Morgan fingerprint density at radius 2 is 1.80 bits per heavy atom. The molecule has 5 heteroatoms. The van der Waals surface area contributed by atoms with Gasteiger partial charge >= 0.3 is 0 Å². The van der Waals surface area contributed by atoms with Crippen molar-refractivity contribution in [3.63, 3.8) is 0 Å². The van der Waals surface area contributed by atoms with E-state index in [0.29, 0.717) is 5.56 Å². The van der Waals surface area contributed by atoms with E-state index in [2.05, 4.69) is 5.32 Å². The first-order valence-corrected chi connectivity index (χ1v) is 5.75. The summed E-state index contributed by atoms with van der Waals surface area (Å²) in [4.78, 5) is 23.7. The Morgan fingerprint density at radius 1 is 1.05 bits per heavy atom. The molecule has 0 aliphatic heterocycles. The Morgan fingerprint density at radius 3 is 2.50 bits per heavy atom. The molecule has 0 heterocycles. The molecule has 2 amide bonds. The van der Waals surface area contributed by atoms with Gasteiger partial charge in [-0.3, -0.25) is 14.9 Å². The molecular formula is C15H10N2O3. The Kier molecular flexibility index (Phi) is 3.77. The lowest BCUT2D eigenvalue weighted by Crippen LogP contribution is -2.30. The first-order valence-electron chi connectivity index (χ1n) is 5.75. The molecule has 2 rings (SSSR count). The molecule has 0 aliphatic rings. The summed E-state index contributed by atoms with van der Waals surface area (Å²) in [6, 6.07) is 13.8. The van der Waals surface area contributed by atoms with Crippen LogP contribution >= 0.6 is 0 Å². The molecule has 0 radical (unpaired) electrons. The van der Waals surface area contributed by atoms with Crippen LogP contribution in [0.4, 0.5) is 0 Å². The molecule has 0 spiro atoms. The fraction of sp³-hybridized carbons (Fsp3) is 0. The third-order valence-electron chi connectivity index (χ3n) is 2.63. The zero-order chi connectivity index (χ0) is 14.5. The zero-order valence-corrected chi connectivity index (χ0v) is 10.3. The van der Waals surface area contributed by atoms with E-state index in [-0.39, 0.29) is 16.9 Å². The number of nitriles is 1. The number of aromatic hydroxyl groups is 1. The van der Waals surface area contributed by atoms with Crippen LogP contribution in [0.3, 0.4) is 0 Å². The summed E-state index contributed by atoms with van der Waals surface area (Å²) in [6.45, 7) is 0.